The van der Waals surface area contributed by atoms with Crippen LogP contribution in [0.3, 0.4) is 0 Å². The van der Waals surface area contributed by atoms with Gasteiger partial charge in [0.1, 0.15) is 5.82 Å². The number of halogens is 1. The molecule has 128 valence electrons. The van der Waals surface area contributed by atoms with Gasteiger partial charge in [0.25, 0.3) is 0 Å². The molecule has 1 heterocycles. The van der Waals surface area contributed by atoms with Crippen molar-refractivity contribution in [2.45, 2.75) is 18.9 Å². The number of allylic oxidation sites excluding steroid dienone is 2. The minimum atomic E-state index is -0.382. The van der Waals surface area contributed by atoms with Crippen LogP contribution in [0.2, 0.25) is 0 Å². The number of hydrogen-bond acceptors (Lipinski definition) is 2. The van der Waals surface area contributed by atoms with Gasteiger partial charge in [-0.15, -0.1) is 0 Å². The number of carbonyl (C=O) groups is 1. The van der Waals surface area contributed by atoms with E-state index in [1.54, 1.807) is 17.2 Å². The Morgan fingerprint density at radius 3 is 2.72 bits per heavy atom. The summed E-state index contributed by atoms with van der Waals surface area (Å²) >= 11 is 0. The Hall–Kier alpha value is -2.49. The Morgan fingerprint density at radius 1 is 1.20 bits per heavy atom. The van der Waals surface area contributed by atoms with E-state index in [0.717, 1.165) is 24.1 Å². The number of aromatic nitrogens is 1. The van der Waals surface area contributed by atoms with E-state index in [1.165, 1.54) is 12.1 Å². The van der Waals surface area contributed by atoms with E-state index < -0.39 is 0 Å². The van der Waals surface area contributed by atoms with Crippen molar-refractivity contribution in [2.75, 3.05) is 7.05 Å². The van der Waals surface area contributed by atoms with Crippen LogP contribution in [0.1, 0.15) is 30.1 Å². The zero-order valence-electron chi connectivity index (χ0n) is 14.2. The average Bonchev–Trinajstić information content (AvgIpc) is 3.25. The topological polar surface area (TPSA) is 33.2 Å². The highest BCUT2D eigenvalue weighted by molar-refractivity contribution is 5.80. The van der Waals surface area contributed by atoms with Crippen LogP contribution in [-0.2, 0) is 4.79 Å². The Bertz CT molecular complexity index is 805. The molecule has 4 unspecified atom stereocenters. The molecule has 1 fully saturated rings. The molecule has 0 spiro atoms. The molecule has 4 rings (SSSR count). The van der Waals surface area contributed by atoms with Gasteiger partial charge >= 0.3 is 0 Å². The molecule has 0 N–H and O–H groups in total. The van der Waals surface area contributed by atoms with Crippen LogP contribution in [0, 0.1) is 23.6 Å². The summed E-state index contributed by atoms with van der Waals surface area (Å²) in [7, 11) is 1.81. The zero-order valence-corrected chi connectivity index (χ0v) is 14.2. The van der Waals surface area contributed by atoms with Crippen LogP contribution in [0.15, 0.2) is 60.8 Å². The first-order valence-corrected chi connectivity index (χ1v) is 8.75. The van der Waals surface area contributed by atoms with Crippen LogP contribution < -0.4 is 0 Å². The van der Waals surface area contributed by atoms with E-state index in [0.29, 0.717) is 11.8 Å². The molecule has 2 aliphatic carbocycles. The number of pyridine rings is 1. The molecule has 4 atom stereocenters. The second-order valence-electron chi connectivity index (χ2n) is 7.05. The number of hydrogen-bond donors (Lipinski definition) is 0. The maximum Gasteiger partial charge on any atom is 0.226 e. The summed E-state index contributed by atoms with van der Waals surface area (Å²) in [4.78, 5) is 19.4. The average molecular weight is 336 g/mol. The van der Waals surface area contributed by atoms with Crippen molar-refractivity contribution in [3.8, 4) is 0 Å². The molecule has 2 aromatic rings. The van der Waals surface area contributed by atoms with Crippen molar-refractivity contribution in [3.63, 3.8) is 0 Å². The van der Waals surface area contributed by atoms with Gasteiger partial charge in [-0.05, 0) is 54.5 Å². The molecule has 0 radical (unpaired) electrons. The highest BCUT2D eigenvalue weighted by Crippen LogP contribution is 2.45. The summed E-state index contributed by atoms with van der Waals surface area (Å²) in [6.07, 6.45) is 8.13. The second-order valence-corrected chi connectivity index (χ2v) is 7.05. The van der Waals surface area contributed by atoms with Crippen LogP contribution in [-0.4, -0.2) is 22.8 Å². The summed E-state index contributed by atoms with van der Waals surface area (Å²) < 4.78 is 13.8. The second kappa shape index (κ2) is 6.43. The number of rotatable bonds is 4. The lowest BCUT2D eigenvalue weighted by atomic mass is 9.91. The molecular formula is C21H21FN2O. The molecule has 25 heavy (non-hydrogen) atoms. The van der Waals surface area contributed by atoms with Gasteiger partial charge < -0.3 is 4.90 Å². The van der Waals surface area contributed by atoms with E-state index in [2.05, 4.69) is 17.1 Å². The fourth-order valence-corrected chi connectivity index (χ4v) is 4.26. The van der Waals surface area contributed by atoms with Gasteiger partial charge in [0.15, 0.2) is 0 Å². The van der Waals surface area contributed by atoms with Crippen LogP contribution in [0.4, 0.5) is 4.39 Å². The molecule has 2 aliphatic rings. The summed E-state index contributed by atoms with van der Waals surface area (Å²) in [6.45, 7) is 0. The standard InChI is InChI=1S/C21H21FN2O/c1-24(21(25)18-12-14-8-9-15(18)11-14)20(19-7-2-3-10-23-19)16-5-4-6-17(22)13-16/h2-10,13-15,18,20H,11-12H2,1H3. The largest absolute Gasteiger partial charge is 0.333 e. The lowest BCUT2D eigenvalue weighted by Gasteiger charge is -2.32. The molecule has 1 amide bonds. The molecule has 0 aliphatic heterocycles. The molecule has 1 saturated carbocycles. The first kappa shape index (κ1) is 16.0. The van der Waals surface area contributed by atoms with Gasteiger partial charge in [-0.1, -0.05) is 30.4 Å². The molecule has 1 aromatic carbocycles. The van der Waals surface area contributed by atoms with Gasteiger partial charge in [-0.25, -0.2) is 4.39 Å². The minimum Gasteiger partial charge on any atom is -0.333 e. The molecule has 2 bridgehead atoms. The smallest absolute Gasteiger partial charge is 0.226 e. The third-order valence-corrected chi connectivity index (χ3v) is 5.46. The Balaban J connectivity index is 1.68. The zero-order chi connectivity index (χ0) is 17.4. The molecule has 3 nitrogen and oxygen atoms in total. The minimum absolute atomic E-state index is 0.0276. The van der Waals surface area contributed by atoms with Gasteiger partial charge in [0.2, 0.25) is 5.91 Å². The maximum atomic E-state index is 13.8. The van der Waals surface area contributed by atoms with Crippen LogP contribution >= 0.6 is 0 Å². The number of carbonyl (C=O) groups excluding carboxylic acids is 1. The van der Waals surface area contributed by atoms with Crippen molar-refractivity contribution in [2.24, 2.45) is 17.8 Å². The molecule has 0 saturated heterocycles. The normalized spacial score (nSPS) is 25.1. The van der Waals surface area contributed by atoms with Crippen molar-refractivity contribution in [3.05, 3.63) is 77.9 Å². The Morgan fingerprint density at radius 2 is 2.08 bits per heavy atom. The summed E-state index contributed by atoms with van der Waals surface area (Å²) in [5.41, 5.74) is 1.50. The van der Waals surface area contributed by atoms with Crippen molar-refractivity contribution >= 4 is 5.91 Å². The van der Waals surface area contributed by atoms with E-state index >= 15 is 0 Å². The van der Waals surface area contributed by atoms with Crippen molar-refractivity contribution < 1.29 is 9.18 Å². The van der Waals surface area contributed by atoms with Gasteiger partial charge in [0.05, 0.1) is 11.7 Å². The molecule has 1 aromatic heterocycles. The first-order chi connectivity index (χ1) is 12.1. The van der Waals surface area contributed by atoms with E-state index in [-0.39, 0.29) is 23.7 Å². The van der Waals surface area contributed by atoms with E-state index in [9.17, 15) is 9.18 Å². The van der Waals surface area contributed by atoms with Crippen molar-refractivity contribution in [1.29, 1.82) is 0 Å². The monoisotopic (exact) mass is 336 g/mol. The third-order valence-electron chi connectivity index (χ3n) is 5.46. The van der Waals surface area contributed by atoms with E-state index in [1.807, 2.05) is 31.3 Å². The predicted molar refractivity (Wildman–Crippen MR) is 94.1 cm³/mol. The lowest BCUT2D eigenvalue weighted by Crippen LogP contribution is -2.38. The molecular weight excluding hydrogens is 315 g/mol. The Labute approximate surface area is 147 Å². The quantitative estimate of drug-likeness (QED) is 0.791. The SMILES string of the molecule is CN(C(=O)C1CC2C=CC1C2)C(c1cccc(F)c1)c1ccccn1. The predicted octanol–water partition coefficient (Wildman–Crippen LogP) is 3.98. The maximum absolute atomic E-state index is 13.8. The number of nitrogens with zero attached hydrogens (tertiary/aromatic N) is 2. The lowest BCUT2D eigenvalue weighted by molar-refractivity contribution is -0.136. The highest BCUT2D eigenvalue weighted by atomic mass is 19.1. The van der Waals surface area contributed by atoms with Gasteiger partial charge in [-0.3, -0.25) is 9.78 Å². The first-order valence-electron chi connectivity index (χ1n) is 8.75. The van der Waals surface area contributed by atoms with Gasteiger partial charge in [-0.2, -0.15) is 0 Å². The third kappa shape index (κ3) is 2.97. The fourth-order valence-electron chi connectivity index (χ4n) is 4.26. The highest BCUT2D eigenvalue weighted by Gasteiger charge is 2.42. The number of amides is 1. The molecule has 4 heteroatoms. The Kier molecular flexibility index (Phi) is 4.12. The van der Waals surface area contributed by atoms with Gasteiger partial charge in [0, 0.05) is 19.2 Å². The fraction of sp³-hybridized carbons (Fsp3) is 0.333. The number of fused-ring (bicyclic) bond motifs is 2. The summed E-state index contributed by atoms with van der Waals surface area (Å²) in [5, 5.41) is 0. The van der Waals surface area contributed by atoms with E-state index in [4.69, 9.17) is 0 Å². The van der Waals surface area contributed by atoms with Crippen LogP contribution in [0.25, 0.3) is 0 Å². The summed E-state index contributed by atoms with van der Waals surface area (Å²) in [6, 6.07) is 11.7. The van der Waals surface area contributed by atoms with Crippen molar-refractivity contribution in [1.82, 2.24) is 9.88 Å². The summed E-state index contributed by atoms with van der Waals surface area (Å²) in [5.74, 6) is 0.727. The van der Waals surface area contributed by atoms with Crippen LogP contribution in [0.5, 0.6) is 0 Å². The number of benzene rings is 1.